The van der Waals surface area contributed by atoms with Crippen molar-refractivity contribution >= 4 is 21.6 Å². The second-order valence-electron chi connectivity index (χ2n) is 3.29. The summed E-state index contributed by atoms with van der Waals surface area (Å²) in [5, 5.41) is 0. The zero-order chi connectivity index (χ0) is 7.52. The fraction of sp³-hybridized carbons (Fsp3) is 0.778. The highest BCUT2D eigenvalue weighted by atomic mass is 33.1. The van der Waals surface area contributed by atoms with Crippen molar-refractivity contribution in [3.05, 3.63) is 10.5 Å². The number of allylic oxidation sites excluding steroid dienone is 1. The minimum absolute atomic E-state index is 1.32. The summed E-state index contributed by atoms with van der Waals surface area (Å²) < 4.78 is 0. The second-order valence-corrected chi connectivity index (χ2v) is 5.68. The molecular formula is C9H14S2. The van der Waals surface area contributed by atoms with E-state index in [1.807, 2.05) is 21.6 Å². The lowest BCUT2D eigenvalue weighted by Crippen LogP contribution is -1.92. The first-order chi connectivity index (χ1) is 5.47. The normalized spacial score (nSPS) is 26.2. The SMILES string of the molecule is C1CCCC2=C(CC1)CSS2. The molecule has 0 saturated carbocycles. The van der Waals surface area contributed by atoms with Gasteiger partial charge in [-0.15, -0.1) is 0 Å². The molecule has 0 N–H and O–H groups in total. The van der Waals surface area contributed by atoms with Gasteiger partial charge in [0.05, 0.1) is 0 Å². The van der Waals surface area contributed by atoms with Gasteiger partial charge in [-0.25, -0.2) is 0 Å². The van der Waals surface area contributed by atoms with Gasteiger partial charge >= 0.3 is 0 Å². The van der Waals surface area contributed by atoms with Crippen LogP contribution in [0.5, 0.6) is 0 Å². The van der Waals surface area contributed by atoms with Gasteiger partial charge in [-0.05, 0) is 36.2 Å². The summed E-state index contributed by atoms with van der Waals surface area (Å²) in [4.78, 5) is 1.73. The lowest BCUT2D eigenvalue weighted by Gasteiger charge is -2.09. The van der Waals surface area contributed by atoms with Crippen LogP contribution >= 0.6 is 21.6 Å². The Morgan fingerprint density at radius 3 is 2.64 bits per heavy atom. The molecule has 1 aliphatic carbocycles. The van der Waals surface area contributed by atoms with Crippen molar-refractivity contribution < 1.29 is 0 Å². The van der Waals surface area contributed by atoms with E-state index in [4.69, 9.17) is 0 Å². The summed E-state index contributed by atoms with van der Waals surface area (Å²) in [6.07, 6.45) is 8.59. The molecule has 62 valence electrons. The Hall–Kier alpha value is 0.440. The van der Waals surface area contributed by atoms with Gasteiger partial charge in [0.25, 0.3) is 0 Å². The number of hydrogen-bond donors (Lipinski definition) is 0. The van der Waals surface area contributed by atoms with Crippen molar-refractivity contribution in [2.45, 2.75) is 38.5 Å². The van der Waals surface area contributed by atoms with Crippen molar-refractivity contribution in [3.8, 4) is 0 Å². The quantitative estimate of drug-likeness (QED) is 0.525. The first-order valence-electron chi connectivity index (χ1n) is 4.47. The molecule has 0 aromatic heterocycles. The zero-order valence-electron chi connectivity index (χ0n) is 6.77. The Kier molecular flexibility index (Phi) is 2.86. The van der Waals surface area contributed by atoms with Crippen LogP contribution in [-0.2, 0) is 0 Å². The summed E-state index contributed by atoms with van der Waals surface area (Å²) in [7, 11) is 4.09. The van der Waals surface area contributed by atoms with Gasteiger partial charge < -0.3 is 0 Å². The standard InChI is InChI=1S/C9H14S2/c1-2-4-6-9-8(5-3-1)7-10-11-9/h1-7H2. The van der Waals surface area contributed by atoms with Crippen molar-refractivity contribution in [1.82, 2.24) is 0 Å². The van der Waals surface area contributed by atoms with Crippen molar-refractivity contribution in [2.24, 2.45) is 0 Å². The first kappa shape index (κ1) is 8.06. The minimum Gasteiger partial charge on any atom is -0.0848 e. The molecule has 0 nitrogen and oxygen atoms in total. The van der Waals surface area contributed by atoms with Crippen LogP contribution in [-0.4, -0.2) is 5.75 Å². The van der Waals surface area contributed by atoms with Crippen LogP contribution in [0.2, 0.25) is 0 Å². The van der Waals surface area contributed by atoms with Gasteiger partial charge in [0.2, 0.25) is 0 Å². The Morgan fingerprint density at radius 1 is 0.909 bits per heavy atom. The van der Waals surface area contributed by atoms with E-state index in [0.717, 1.165) is 0 Å². The van der Waals surface area contributed by atoms with Crippen LogP contribution in [0.4, 0.5) is 0 Å². The molecule has 0 bridgehead atoms. The average Bonchev–Trinajstić information content (AvgIpc) is 2.35. The van der Waals surface area contributed by atoms with E-state index in [9.17, 15) is 0 Å². The van der Waals surface area contributed by atoms with E-state index in [0.29, 0.717) is 0 Å². The van der Waals surface area contributed by atoms with Crippen LogP contribution in [0.15, 0.2) is 10.5 Å². The topological polar surface area (TPSA) is 0 Å². The van der Waals surface area contributed by atoms with Crippen molar-refractivity contribution in [3.63, 3.8) is 0 Å². The van der Waals surface area contributed by atoms with Crippen LogP contribution in [0.25, 0.3) is 0 Å². The average molecular weight is 186 g/mol. The van der Waals surface area contributed by atoms with Crippen molar-refractivity contribution in [2.75, 3.05) is 5.75 Å². The highest BCUT2D eigenvalue weighted by Crippen LogP contribution is 2.46. The van der Waals surface area contributed by atoms with E-state index < -0.39 is 0 Å². The molecule has 1 aliphatic heterocycles. The van der Waals surface area contributed by atoms with Crippen LogP contribution in [0, 0.1) is 0 Å². The molecule has 2 heteroatoms. The van der Waals surface area contributed by atoms with Gasteiger partial charge in [-0.3, -0.25) is 0 Å². The fourth-order valence-electron chi connectivity index (χ4n) is 1.72. The van der Waals surface area contributed by atoms with Gasteiger partial charge in [-0.2, -0.15) is 0 Å². The van der Waals surface area contributed by atoms with Gasteiger partial charge in [-0.1, -0.05) is 34.4 Å². The third-order valence-corrected chi connectivity index (χ3v) is 5.01. The predicted octanol–water partition coefficient (Wildman–Crippen LogP) is 3.99. The third-order valence-electron chi connectivity index (χ3n) is 2.42. The Labute approximate surface area is 76.6 Å². The van der Waals surface area contributed by atoms with E-state index in [1.54, 1.807) is 10.5 Å². The molecule has 0 fully saturated rings. The molecule has 0 atom stereocenters. The summed E-state index contributed by atoms with van der Waals surface area (Å²) in [6.45, 7) is 0. The molecule has 0 unspecified atom stereocenters. The maximum Gasteiger partial charge on any atom is 0.0262 e. The summed E-state index contributed by atoms with van der Waals surface area (Å²) in [5.74, 6) is 1.32. The van der Waals surface area contributed by atoms with Crippen LogP contribution in [0.1, 0.15) is 38.5 Å². The van der Waals surface area contributed by atoms with Crippen LogP contribution in [0.3, 0.4) is 0 Å². The predicted molar refractivity (Wildman–Crippen MR) is 54.8 cm³/mol. The van der Waals surface area contributed by atoms with Gasteiger partial charge in [0.15, 0.2) is 0 Å². The highest BCUT2D eigenvalue weighted by Gasteiger charge is 2.16. The maximum absolute atomic E-state index is 2.05. The minimum atomic E-state index is 1.32. The number of rotatable bonds is 0. The third kappa shape index (κ3) is 1.97. The molecule has 2 aliphatic rings. The number of hydrogen-bond acceptors (Lipinski definition) is 2. The molecule has 0 aromatic carbocycles. The maximum atomic E-state index is 2.05. The summed E-state index contributed by atoms with van der Waals surface area (Å²) >= 11 is 0. The van der Waals surface area contributed by atoms with E-state index in [-0.39, 0.29) is 0 Å². The molecule has 0 radical (unpaired) electrons. The zero-order valence-corrected chi connectivity index (χ0v) is 8.40. The smallest absolute Gasteiger partial charge is 0.0262 e. The Bertz CT molecular complexity index is 154. The molecule has 0 aromatic rings. The second kappa shape index (κ2) is 3.90. The monoisotopic (exact) mass is 186 g/mol. The summed E-state index contributed by atoms with van der Waals surface area (Å²) in [6, 6.07) is 0. The molecule has 2 rings (SSSR count). The lowest BCUT2D eigenvalue weighted by atomic mass is 10.0. The molecule has 11 heavy (non-hydrogen) atoms. The molecule has 0 spiro atoms. The molecule has 0 amide bonds. The molecule has 0 saturated heterocycles. The molecular weight excluding hydrogens is 172 g/mol. The summed E-state index contributed by atoms with van der Waals surface area (Å²) in [5.41, 5.74) is 1.78. The van der Waals surface area contributed by atoms with E-state index in [1.165, 1.54) is 44.3 Å². The molecule has 1 heterocycles. The van der Waals surface area contributed by atoms with Crippen LogP contribution < -0.4 is 0 Å². The lowest BCUT2D eigenvalue weighted by molar-refractivity contribution is 0.623. The highest BCUT2D eigenvalue weighted by molar-refractivity contribution is 8.78. The van der Waals surface area contributed by atoms with Gasteiger partial charge in [0.1, 0.15) is 0 Å². The fourth-order valence-corrected chi connectivity index (χ4v) is 4.63. The Balaban J connectivity index is 2.05. The largest absolute Gasteiger partial charge is 0.0848 e. The van der Waals surface area contributed by atoms with E-state index >= 15 is 0 Å². The van der Waals surface area contributed by atoms with E-state index in [2.05, 4.69) is 0 Å². The van der Waals surface area contributed by atoms with Crippen molar-refractivity contribution in [1.29, 1.82) is 0 Å². The Morgan fingerprint density at radius 2 is 1.73 bits per heavy atom. The van der Waals surface area contributed by atoms with Gasteiger partial charge in [0, 0.05) is 5.75 Å². The first-order valence-corrected chi connectivity index (χ1v) is 6.79.